The number of amides is 1. The van der Waals surface area contributed by atoms with Crippen molar-refractivity contribution < 1.29 is 19.8 Å². The van der Waals surface area contributed by atoms with Crippen LogP contribution >= 0.6 is 0 Å². The zero-order valence-corrected chi connectivity index (χ0v) is 16.8. The lowest BCUT2D eigenvalue weighted by atomic mass is 9.99. The highest BCUT2D eigenvalue weighted by molar-refractivity contribution is 5.79. The highest BCUT2D eigenvalue weighted by atomic mass is 16.4. The molecule has 0 aromatic heterocycles. The number of aliphatic hydroxyl groups excluding tert-OH is 1. The number of carbonyl (C=O) groups excluding carboxylic acids is 1. The first kappa shape index (κ1) is 23.2. The maximum Gasteiger partial charge on any atom is 0.303 e. The highest BCUT2D eigenvalue weighted by Crippen LogP contribution is 2.21. The molecule has 3 atom stereocenters. The van der Waals surface area contributed by atoms with E-state index in [0.717, 1.165) is 38.5 Å². The maximum absolute atomic E-state index is 12.1. The third-order valence-electron chi connectivity index (χ3n) is 4.95. The number of aliphatic carboxylic acids is 1. The monoisotopic (exact) mass is 377 g/mol. The van der Waals surface area contributed by atoms with Gasteiger partial charge in [-0.25, -0.2) is 0 Å². The molecule has 5 heteroatoms. The van der Waals surface area contributed by atoms with Crippen molar-refractivity contribution in [1.82, 2.24) is 4.90 Å². The number of carboxylic acids is 1. The minimum absolute atomic E-state index is 0.0598. The van der Waals surface area contributed by atoms with E-state index in [9.17, 15) is 14.7 Å². The van der Waals surface area contributed by atoms with Crippen molar-refractivity contribution in [3.8, 4) is 11.8 Å². The number of carboxylic acid groups (broad SMARTS) is 1. The van der Waals surface area contributed by atoms with Crippen molar-refractivity contribution in [2.24, 2.45) is 5.92 Å². The van der Waals surface area contributed by atoms with E-state index in [1.807, 2.05) is 24.0 Å². The van der Waals surface area contributed by atoms with Gasteiger partial charge in [0.2, 0.25) is 5.91 Å². The first-order valence-corrected chi connectivity index (χ1v) is 10.3. The summed E-state index contributed by atoms with van der Waals surface area (Å²) < 4.78 is 0. The fourth-order valence-corrected chi connectivity index (χ4v) is 3.16. The molecule has 0 aromatic carbocycles. The molecule has 1 aliphatic rings. The second-order valence-electron chi connectivity index (χ2n) is 7.41. The van der Waals surface area contributed by atoms with Gasteiger partial charge in [0.05, 0.1) is 12.1 Å². The molecule has 1 rings (SSSR count). The Kier molecular flexibility index (Phi) is 11.5. The molecule has 0 saturated carbocycles. The number of hydrogen-bond acceptors (Lipinski definition) is 3. The van der Waals surface area contributed by atoms with Crippen LogP contribution in [0.25, 0.3) is 0 Å². The van der Waals surface area contributed by atoms with Crippen LogP contribution in [0.4, 0.5) is 0 Å². The first-order chi connectivity index (χ1) is 13.0. The van der Waals surface area contributed by atoms with E-state index in [0.29, 0.717) is 25.8 Å². The van der Waals surface area contributed by atoms with Crippen molar-refractivity contribution in [2.75, 3.05) is 6.54 Å². The number of nitrogens with zero attached hydrogens (tertiary/aromatic N) is 1. The summed E-state index contributed by atoms with van der Waals surface area (Å²) in [7, 11) is 0. The third kappa shape index (κ3) is 9.63. The number of likely N-dealkylation sites (tertiary alicyclic amines) is 1. The predicted octanol–water partition coefficient (Wildman–Crippen LogP) is 3.76. The second kappa shape index (κ2) is 13.4. The van der Waals surface area contributed by atoms with E-state index >= 15 is 0 Å². The minimum atomic E-state index is -0.751. The summed E-state index contributed by atoms with van der Waals surface area (Å²) in [5.41, 5.74) is 0. The van der Waals surface area contributed by atoms with E-state index in [4.69, 9.17) is 5.11 Å². The summed E-state index contributed by atoms with van der Waals surface area (Å²) in [4.78, 5) is 24.5. The number of carbonyl (C=O) groups is 2. The van der Waals surface area contributed by atoms with Crippen molar-refractivity contribution in [3.63, 3.8) is 0 Å². The molecule has 1 unspecified atom stereocenters. The van der Waals surface area contributed by atoms with Gasteiger partial charge in [0, 0.05) is 32.2 Å². The maximum atomic E-state index is 12.1. The number of unbranched alkanes of at least 4 members (excludes halogenated alkanes) is 4. The quantitative estimate of drug-likeness (QED) is 0.308. The fourth-order valence-electron chi connectivity index (χ4n) is 3.16. The van der Waals surface area contributed by atoms with E-state index in [2.05, 4.69) is 18.8 Å². The largest absolute Gasteiger partial charge is 0.481 e. The molecule has 0 aromatic rings. The smallest absolute Gasteiger partial charge is 0.303 e. The molecular weight excluding hydrogens is 342 g/mol. The van der Waals surface area contributed by atoms with Gasteiger partial charge in [-0.3, -0.25) is 9.59 Å². The van der Waals surface area contributed by atoms with Gasteiger partial charge in [0.15, 0.2) is 0 Å². The molecule has 2 N–H and O–H groups in total. The molecule has 27 heavy (non-hydrogen) atoms. The van der Waals surface area contributed by atoms with E-state index in [1.165, 1.54) is 0 Å². The van der Waals surface area contributed by atoms with E-state index < -0.39 is 12.1 Å². The number of hydrogen-bond donors (Lipinski definition) is 2. The lowest BCUT2D eigenvalue weighted by Crippen LogP contribution is -2.33. The molecule has 5 nitrogen and oxygen atoms in total. The van der Waals surface area contributed by atoms with Gasteiger partial charge < -0.3 is 15.1 Å². The normalized spacial score (nSPS) is 19.1. The zero-order valence-electron chi connectivity index (χ0n) is 16.8. The van der Waals surface area contributed by atoms with Crippen LogP contribution in [0.5, 0.6) is 0 Å². The zero-order chi connectivity index (χ0) is 20.1. The van der Waals surface area contributed by atoms with Gasteiger partial charge >= 0.3 is 5.97 Å². The van der Waals surface area contributed by atoms with Crippen LogP contribution < -0.4 is 0 Å². The average molecular weight is 378 g/mol. The molecular formula is C22H35NO4. The topological polar surface area (TPSA) is 77.8 Å². The number of aliphatic hydroxyl groups is 1. The molecule has 1 aliphatic heterocycles. The van der Waals surface area contributed by atoms with Crippen LogP contribution in [0.3, 0.4) is 0 Å². The lowest BCUT2D eigenvalue weighted by Gasteiger charge is -2.23. The van der Waals surface area contributed by atoms with Crippen molar-refractivity contribution in [1.29, 1.82) is 0 Å². The van der Waals surface area contributed by atoms with Crippen LogP contribution in [0.1, 0.15) is 78.1 Å². The van der Waals surface area contributed by atoms with Gasteiger partial charge in [-0.1, -0.05) is 38.8 Å². The summed E-state index contributed by atoms with van der Waals surface area (Å²) in [6.07, 6.45) is 10.8. The minimum Gasteiger partial charge on any atom is -0.481 e. The standard InChI is InChI=1S/C22H35NO4/c1-3-4-5-8-11-18(2)20(24)15-13-19-14-16-21(25)23(19)17-10-7-6-9-12-22(26)27/h13,15,18-20,24H,3-4,6-7,9-12,14,16-17H2,1-2H3,(H,26,27)/b15-13+/t18?,19-,20-/m0/s1. The third-order valence-corrected chi connectivity index (χ3v) is 4.95. The van der Waals surface area contributed by atoms with Gasteiger partial charge in [-0.15, -0.1) is 11.8 Å². The molecule has 1 amide bonds. The fraction of sp³-hybridized carbons (Fsp3) is 0.727. The Morgan fingerprint density at radius 3 is 2.74 bits per heavy atom. The highest BCUT2D eigenvalue weighted by Gasteiger charge is 2.28. The van der Waals surface area contributed by atoms with Crippen molar-refractivity contribution in [2.45, 2.75) is 90.2 Å². The van der Waals surface area contributed by atoms with Gasteiger partial charge in [0.1, 0.15) is 0 Å². The molecule has 1 heterocycles. The Bertz CT molecular complexity index is 546. The van der Waals surface area contributed by atoms with Crippen LogP contribution in [0.15, 0.2) is 12.2 Å². The van der Waals surface area contributed by atoms with Crippen molar-refractivity contribution in [3.05, 3.63) is 12.2 Å². The number of rotatable bonds is 12. The summed E-state index contributed by atoms with van der Waals surface area (Å²) in [6.45, 7) is 4.79. The second-order valence-corrected chi connectivity index (χ2v) is 7.41. The van der Waals surface area contributed by atoms with E-state index in [-0.39, 0.29) is 24.3 Å². The predicted molar refractivity (Wildman–Crippen MR) is 107 cm³/mol. The Morgan fingerprint density at radius 2 is 2.04 bits per heavy atom. The van der Waals surface area contributed by atoms with Gasteiger partial charge in [-0.05, 0) is 31.6 Å². The molecule has 0 aliphatic carbocycles. The molecule has 1 fully saturated rings. The Morgan fingerprint density at radius 1 is 1.30 bits per heavy atom. The molecule has 152 valence electrons. The summed E-state index contributed by atoms with van der Waals surface area (Å²) in [6, 6.07) is 0.0598. The Hall–Kier alpha value is -1.80. The van der Waals surface area contributed by atoms with Crippen molar-refractivity contribution >= 4 is 11.9 Å². The van der Waals surface area contributed by atoms with Gasteiger partial charge in [0.25, 0.3) is 0 Å². The first-order valence-electron chi connectivity index (χ1n) is 10.3. The van der Waals surface area contributed by atoms with Crippen LogP contribution in [0.2, 0.25) is 0 Å². The summed E-state index contributed by atoms with van der Waals surface area (Å²) >= 11 is 0. The molecule has 0 spiro atoms. The van der Waals surface area contributed by atoms with E-state index in [1.54, 1.807) is 0 Å². The summed E-state index contributed by atoms with van der Waals surface area (Å²) in [5, 5.41) is 18.9. The van der Waals surface area contributed by atoms with Crippen LogP contribution in [0, 0.1) is 17.8 Å². The molecule has 0 radical (unpaired) electrons. The van der Waals surface area contributed by atoms with Crippen LogP contribution in [-0.4, -0.2) is 45.7 Å². The summed E-state index contributed by atoms with van der Waals surface area (Å²) in [5.74, 6) is 5.71. The molecule has 0 bridgehead atoms. The van der Waals surface area contributed by atoms with Gasteiger partial charge in [-0.2, -0.15) is 0 Å². The lowest BCUT2D eigenvalue weighted by molar-refractivity contribution is -0.137. The Labute approximate surface area is 163 Å². The Balaban J connectivity index is 2.38. The molecule has 1 saturated heterocycles. The SMILES string of the molecule is CCCC#CCC(C)[C@@H](O)/C=C/[C@H]1CCC(=O)N1CCCCCCC(=O)O. The average Bonchev–Trinajstić information content (AvgIpc) is 2.99. The van der Waals surface area contributed by atoms with Crippen LogP contribution in [-0.2, 0) is 9.59 Å².